The Bertz CT molecular complexity index is 1050. The average molecular weight is 439 g/mol. The van der Waals surface area contributed by atoms with Gasteiger partial charge in [0.15, 0.2) is 0 Å². The third kappa shape index (κ3) is 4.66. The predicted octanol–water partition coefficient (Wildman–Crippen LogP) is 5.55. The van der Waals surface area contributed by atoms with E-state index in [0.717, 1.165) is 43.3 Å². The number of aryl methyl sites for hydroxylation is 1. The first-order valence-electron chi connectivity index (χ1n) is 11.2. The highest BCUT2D eigenvalue weighted by Crippen LogP contribution is 2.26. The summed E-state index contributed by atoms with van der Waals surface area (Å²) in [6, 6.07) is 9.69. The van der Waals surface area contributed by atoms with Crippen molar-refractivity contribution in [3.05, 3.63) is 46.2 Å². The monoisotopic (exact) mass is 438 g/mol. The first kappa shape index (κ1) is 21.6. The van der Waals surface area contributed by atoms with Gasteiger partial charge >= 0.3 is 0 Å². The highest BCUT2D eigenvalue weighted by atomic mass is 32.1. The average Bonchev–Trinajstić information content (AvgIpc) is 3.45. The fourth-order valence-electron chi connectivity index (χ4n) is 4.31. The number of rotatable bonds is 7. The van der Waals surface area contributed by atoms with Crippen LogP contribution in [0.2, 0.25) is 0 Å². The van der Waals surface area contributed by atoms with Crippen LogP contribution in [0.3, 0.4) is 0 Å². The van der Waals surface area contributed by atoms with Crippen molar-refractivity contribution in [2.24, 2.45) is 0 Å². The highest BCUT2D eigenvalue weighted by molar-refractivity contribution is 7.12. The molecule has 1 fully saturated rings. The lowest BCUT2D eigenvalue weighted by Crippen LogP contribution is -2.38. The minimum atomic E-state index is -0.156. The molecule has 7 heteroatoms. The quantitative estimate of drug-likeness (QED) is 0.525. The van der Waals surface area contributed by atoms with Crippen LogP contribution in [0.5, 0.6) is 0 Å². The summed E-state index contributed by atoms with van der Waals surface area (Å²) in [4.78, 5) is 33.0. The molecule has 0 unspecified atom stereocenters. The molecule has 31 heavy (non-hydrogen) atoms. The number of benzene rings is 1. The van der Waals surface area contributed by atoms with Crippen molar-refractivity contribution >= 4 is 40.1 Å². The molecule has 164 valence electrons. The molecule has 0 radical (unpaired) electrons. The summed E-state index contributed by atoms with van der Waals surface area (Å²) in [5, 5.41) is 4.85. The van der Waals surface area contributed by atoms with E-state index in [2.05, 4.69) is 12.2 Å². The molecule has 2 aromatic heterocycles. The number of imidazole rings is 1. The molecule has 3 aromatic rings. The number of anilines is 1. The van der Waals surface area contributed by atoms with Crippen LogP contribution >= 0.6 is 11.3 Å². The molecular formula is C24H30N4O2S. The van der Waals surface area contributed by atoms with Gasteiger partial charge in [-0.2, -0.15) is 0 Å². The minimum Gasteiger partial charge on any atom is -0.339 e. The maximum atomic E-state index is 13.1. The molecule has 1 saturated carbocycles. The standard InChI is InChI=1S/C24H30N4O2S/c1-3-4-14-28-20-13-12-17(23(30)27(2)18-9-6-5-7-10-18)16-19(20)25-24(28)26-22(29)21-11-8-15-31-21/h8,11-13,15-16,18H,3-7,9-10,14H2,1-2H3,(H,25,26,29). The zero-order chi connectivity index (χ0) is 21.8. The van der Waals surface area contributed by atoms with Gasteiger partial charge in [-0.3, -0.25) is 14.9 Å². The van der Waals surface area contributed by atoms with E-state index in [4.69, 9.17) is 4.98 Å². The van der Waals surface area contributed by atoms with Crippen molar-refractivity contribution in [1.29, 1.82) is 0 Å². The summed E-state index contributed by atoms with van der Waals surface area (Å²) >= 11 is 1.40. The van der Waals surface area contributed by atoms with Gasteiger partial charge in [0.1, 0.15) is 0 Å². The molecule has 1 aliphatic carbocycles. The van der Waals surface area contributed by atoms with Gasteiger partial charge in [0, 0.05) is 25.2 Å². The SMILES string of the molecule is CCCCn1c(NC(=O)c2cccs2)nc2cc(C(=O)N(C)C3CCCCC3)ccc21. The second kappa shape index (κ2) is 9.64. The zero-order valence-electron chi connectivity index (χ0n) is 18.3. The highest BCUT2D eigenvalue weighted by Gasteiger charge is 2.24. The van der Waals surface area contributed by atoms with E-state index in [1.807, 2.05) is 46.2 Å². The number of hydrogen-bond acceptors (Lipinski definition) is 4. The van der Waals surface area contributed by atoms with Crippen molar-refractivity contribution in [2.75, 3.05) is 12.4 Å². The molecule has 4 rings (SSSR count). The van der Waals surface area contributed by atoms with Gasteiger partial charge in [-0.05, 0) is 48.9 Å². The van der Waals surface area contributed by atoms with Crippen LogP contribution in [0.25, 0.3) is 11.0 Å². The Labute approximate surface area is 187 Å². The maximum absolute atomic E-state index is 13.1. The van der Waals surface area contributed by atoms with E-state index in [1.54, 1.807) is 6.07 Å². The molecule has 0 saturated heterocycles. The van der Waals surface area contributed by atoms with Gasteiger partial charge in [0.2, 0.25) is 5.95 Å². The second-order valence-corrected chi connectivity index (χ2v) is 9.23. The van der Waals surface area contributed by atoms with E-state index in [1.165, 1.54) is 30.6 Å². The molecular weight excluding hydrogens is 408 g/mol. The smallest absolute Gasteiger partial charge is 0.268 e. The Morgan fingerprint density at radius 1 is 1.23 bits per heavy atom. The van der Waals surface area contributed by atoms with Crippen molar-refractivity contribution in [3.63, 3.8) is 0 Å². The van der Waals surface area contributed by atoms with Gasteiger partial charge in [-0.25, -0.2) is 4.98 Å². The van der Waals surface area contributed by atoms with Gasteiger partial charge in [-0.15, -0.1) is 11.3 Å². The lowest BCUT2D eigenvalue weighted by molar-refractivity contribution is 0.0696. The molecule has 1 N–H and O–H groups in total. The third-order valence-corrected chi connectivity index (χ3v) is 7.01. The van der Waals surface area contributed by atoms with Crippen LogP contribution in [0, 0.1) is 0 Å². The number of hydrogen-bond donors (Lipinski definition) is 1. The second-order valence-electron chi connectivity index (χ2n) is 8.28. The Hall–Kier alpha value is -2.67. The van der Waals surface area contributed by atoms with Crippen LogP contribution < -0.4 is 5.32 Å². The first-order valence-corrected chi connectivity index (χ1v) is 12.1. The Balaban J connectivity index is 1.62. The number of carbonyl (C=O) groups is 2. The Morgan fingerprint density at radius 3 is 2.74 bits per heavy atom. The normalized spacial score (nSPS) is 14.6. The molecule has 1 aliphatic rings. The van der Waals surface area contributed by atoms with Crippen molar-refractivity contribution in [3.8, 4) is 0 Å². The number of thiophene rings is 1. The number of fused-ring (bicyclic) bond motifs is 1. The number of nitrogens with one attached hydrogen (secondary N) is 1. The van der Waals surface area contributed by atoms with Gasteiger partial charge in [0.05, 0.1) is 15.9 Å². The number of aromatic nitrogens is 2. The Morgan fingerprint density at radius 2 is 2.03 bits per heavy atom. The van der Waals surface area contributed by atoms with Crippen LogP contribution in [0.1, 0.15) is 71.9 Å². The summed E-state index contributed by atoms with van der Waals surface area (Å²) < 4.78 is 2.05. The fraction of sp³-hybridized carbons (Fsp3) is 0.458. The van der Waals surface area contributed by atoms with Gasteiger partial charge in [-0.1, -0.05) is 38.7 Å². The van der Waals surface area contributed by atoms with Gasteiger partial charge < -0.3 is 9.47 Å². The largest absolute Gasteiger partial charge is 0.339 e. The lowest BCUT2D eigenvalue weighted by Gasteiger charge is -2.31. The van der Waals surface area contributed by atoms with E-state index in [-0.39, 0.29) is 11.8 Å². The molecule has 0 aliphatic heterocycles. The number of carbonyl (C=O) groups excluding carboxylic acids is 2. The number of unbranched alkanes of at least 4 members (excludes halogenated alkanes) is 1. The van der Waals surface area contributed by atoms with Crippen LogP contribution in [-0.2, 0) is 6.54 Å². The third-order valence-electron chi connectivity index (χ3n) is 6.14. The topological polar surface area (TPSA) is 67.2 Å². The van der Waals surface area contributed by atoms with E-state index >= 15 is 0 Å². The van der Waals surface area contributed by atoms with Gasteiger partial charge in [0.25, 0.3) is 11.8 Å². The Kier molecular flexibility index (Phi) is 6.70. The lowest BCUT2D eigenvalue weighted by atomic mass is 9.94. The minimum absolute atomic E-state index is 0.0427. The number of amides is 2. The van der Waals surface area contributed by atoms with Crippen LogP contribution in [0.4, 0.5) is 5.95 Å². The molecule has 6 nitrogen and oxygen atoms in total. The van der Waals surface area contributed by atoms with Crippen LogP contribution in [0.15, 0.2) is 35.7 Å². The molecule has 1 aromatic carbocycles. The maximum Gasteiger partial charge on any atom is 0.268 e. The molecule has 0 atom stereocenters. The zero-order valence-corrected chi connectivity index (χ0v) is 19.1. The summed E-state index contributed by atoms with van der Waals surface area (Å²) in [7, 11) is 1.91. The summed E-state index contributed by atoms with van der Waals surface area (Å²) in [5.74, 6) is 0.421. The first-order chi connectivity index (χ1) is 15.1. The molecule has 2 amide bonds. The van der Waals surface area contributed by atoms with Crippen molar-refractivity contribution in [2.45, 2.75) is 64.5 Å². The molecule has 0 bridgehead atoms. The van der Waals surface area contributed by atoms with E-state index in [0.29, 0.717) is 22.4 Å². The van der Waals surface area contributed by atoms with Crippen molar-refractivity contribution < 1.29 is 9.59 Å². The van der Waals surface area contributed by atoms with E-state index < -0.39 is 0 Å². The fourth-order valence-corrected chi connectivity index (χ4v) is 4.93. The molecule has 0 spiro atoms. The predicted molar refractivity (Wildman–Crippen MR) is 126 cm³/mol. The number of nitrogens with zero attached hydrogens (tertiary/aromatic N) is 3. The molecule has 2 heterocycles. The summed E-state index contributed by atoms with van der Waals surface area (Å²) in [6.07, 6.45) is 7.83. The van der Waals surface area contributed by atoms with Crippen molar-refractivity contribution in [1.82, 2.24) is 14.5 Å². The summed E-state index contributed by atoms with van der Waals surface area (Å²) in [6.45, 7) is 2.91. The van der Waals surface area contributed by atoms with Crippen LogP contribution in [-0.4, -0.2) is 39.4 Å². The van der Waals surface area contributed by atoms with E-state index in [9.17, 15) is 9.59 Å². The summed E-state index contributed by atoms with van der Waals surface area (Å²) in [5.41, 5.74) is 2.32.